The molecule has 1 N–H and O–H groups in total. The van der Waals surface area contributed by atoms with Gasteiger partial charge in [-0.3, -0.25) is 5.10 Å². The molecule has 1 aromatic rings. The molecule has 1 rings (SSSR count). The van der Waals surface area contributed by atoms with Crippen LogP contribution in [-0.4, -0.2) is 15.4 Å². The fraction of sp³-hybridized carbons (Fsp3) is 0. The minimum absolute atomic E-state index is 1.58. The van der Waals surface area contributed by atoms with Crippen molar-refractivity contribution in [1.29, 1.82) is 0 Å². The Hall–Kier alpha value is 0.0923. The maximum Gasteiger partial charge on any atom is 0.0690 e. The Morgan fingerprint density at radius 1 is 1.57 bits per heavy atom. The average molecular weight is 211 g/mol. The van der Waals surface area contributed by atoms with Crippen molar-refractivity contribution in [1.82, 2.24) is 15.4 Å². The first kappa shape index (κ1) is 7.09. The quantitative estimate of drug-likeness (QED) is 0.634. The Morgan fingerprint density at radius 3 is 2.43 bits per heavy atom. The number of nitrogens with zero attached hydrogens (tertiary/aromatic N) is 2. The van der Waals surface area contributed by atoms with Crippen molar-refractivity contribution >= 4 is 9.53 Å². The first-order valence-electron chi connectivity index (χ1n) is 1.42. The molecule has 0 saturated heterocycles. The van der Waals surface area contributed by atoms with Crippen LogP contribution < -0.4 is 0 Å². The van der Waals surface area contributed by atoms with Crippen molar-refractivity contribution in [2.75, 3.05) is 0 Å². The molecule has 0 unspecified atom stereocenters. The van der Waals surface area contributed by atoms with E-state index in [0.29, 0.717) is 0 Å². The molecule has 5 heteroatoms. The van der Waals surface area contributed by atoms with Gasteiger partial charge in [-0.2, -0.15) is 0 Å². The number of H-pyrrole nitrogens is 1. The van der Waals surface area contributed by atoms with Crippen LogP contribution in [-0.2, 0) is 18.2 Å². The Labute approximate surface area is 55.8 Å². The van der Waals surface area contributed by atoms with Crippen molar-refractivity contribution in [2.45, 2.75) is 0 Å². The van der Waals surface area contributed by atoms with E-state index in [9.17, 15) is 0 Å². The van der Waals surface area contributed by atoms with Gasteiger partial charge < -0.3 is 0 Å². The monoisotopic (exact) mass is 210 g/mol. The first-order valence-corrected chi connectivity index (χ1v) is 3.43. The second kappa shape index (κ2) is 6.09. The molecule has 0 radical (unpaired) electrons. The number of rotatable bonds is 0. The molecule has 0 aliphatic heterocycles. The summed E-state index contributed by atoms with van der Waals surface area (Å²) in [4.78, 5) is 0. The molecule has 1 heterocycles. The van der Waals surface area contributed by atoms with Gasteiger partial charge in [0.05, 0.1) is 6.20 Å². The Morgan fingerprint density at radius 2 is 2.29 bits per heavy atom. The Balaban J connectivity index is 0.000000162. The van der Waals surface area contributed by atoms with Crippen LogP contribution in [0.15, 0.2) is 12.4 Å². The topological polar surface area (TPSA) is 41.6 Å². The zero-order valence-corrected chi connectivity index (χ0v) is 5.55. The van der Waals surface area contributed by atoms with E-state index < -0.39 is 0 Å². The Kier molecular flexibility index (Phi) is 6.17. The van der Waals surface area contributed by atoms with Gasteiger partial charge in [-0.05, 0) is 0 Å². The van der Waals surface area contributed by atoms with E-state index in [0.717, 1.165) is 0 Å². The van der Waals surface area contributed by atoms with Gasteiger partial charge in [-0.25, -0.2) is 0 Å². The summed E-state index contributed by atoms with van der Waals surface area (Å²) in [6.45, 7) is 0. The van der Waals surface area contributed by atoms with Crippen molar-refractivity contribution in [2.24, 2.45) is 0 Å². The third kappa shape index (κ3) is 3.93. The van der Waals surface area contributed by atoms with Crippen LogP contribution in [0.4, 0.5) is 0 Å². The van der Waals surface area contributed by atoms with Gasteiger partial charge in [0.25, 0.3) is 0 Å². The molecule has 0 bridgehead atoms. The van der Waals surface area contributed by atoms with E-state index in [-0.39, 0.29) is 0 Å². The fourth-order valence-electron chi connectivity index (χ4n) is 0.167. The van der Waals surface area contributed by atoms with Crippen LogP contribution in [0, 0.1) is 0 Å². The van der Waals surface area contributed by atoms with Crippen LogP contribution in [0.1, 0.15) is 0 Å². The van der Waals surface area contributed by atoms with Crippen LogP contribution in [0.5, 0.6) is 0 Å². The van der Waals surface area contributed by atoms with E-state index in [1.807, 2.05) is 0 Å². The minimum atomic E-state index is 1.58. The molecule has 3 nitrogen and oxygen atoms in total. The molecular weight excluding hydrogens is 208 g/mol. The van der Waals surface area contributed by atoms with Gasteiger partial charge in [0.1, 0.15) is 0 Å². The third-order valence-corrected chi connectivity index (χ3v) is 0.331. The molecule has 43 valence electrons. The van der Waals surface area contributed by atoms with Gasteiger partial charge in [-0.15, -0.1) is 5.10 Å². The van der Waals surface area contributed by atoms with Gasteiger partial charge in [0.15, 0.2) is 0 Å². The molecule has 0 fully saturated rings. The second-order valence-electron chi connectivity index (χ2n) is 0.660. The summed E-state index contributed by atoms with van der Waals surface area (Å²) in [7, 11) is 4.49. The van der Waals surface area contributed by atoms with Crippen molar-refractivity contribution in [3.05, 3.63) is 12.4 Å². The van der Waals surface area contributed by atoms with Crippen LogP contribution in [0.2, 0.25) is 0 Å². The number of aromatic amines is 1. The molecule has 0 spiro atoms. The molecule has 0 atom stereocenters. The minimum Gasteiger partial charge on any atom is -0.266 e. The summed E-state index contributed by atoms with van der Waals surface area (Å²) in [6, 6.07) is 0. The summed E-state index contributed by atoms with van der Waals surface area (Å²) in [5, 5.41) is 9.26. The summed E-state index contributed by atoms with van der Waals surface area (Å²) in [6.07, 6.45) is 3.24. The zero-order valence-electron chi connectivity index (χ0n) is 3.24. The summed E-state index contributed by atoms with van der Waals surface area (Å²) in [5.74, 6) is 0. The SMILES string of the molecule is [Cl][Pd].c1c[nH]nn1. The maximum atomic E-state index is 4.49. The number of hydrogen-bond donors (Lipinski definition) is 1. The molecule has 0 aliphatic carbocycles. The normalized spacial score (nSPS) is 6.71. The maximum absolute atomic E-state index is 4.49. The number of aromatic nitrogens is 3. The number of halogens is 1. The van der Waals surface area contributed by atoms with E-state index in [1.54, 1.807) is 12.4 Å². The predicted molar refractivity (Wildman–Crippen MR) is 22.2 cm³/mol. The summed E-state index contributed by atoms with van der Waals surface area (Å²) >= 11 is 2.22. The van der Waals surface area contributed by atoms with Crippen LogP contribution in [0.3, 0.4) is 0 Å². The van der Waals surface area contributed by atoms with E-state index in [1.165, 1.54) is 0 Å². The summed E-state index contributed by atoms with van der Waals surface area (Å²) < 4.78 is 0. The van der Waals surface area contributed by atoms with E-state index in [4.69, 9.17) is 0 Å². The molecular formula is C2H3ClN3Pd. The van der Waals surface area contributed by atoms with Gasteiger partial charge in [0, 0.05) is 6.20 Å². The summed E-state index contributed by atoms with van der Waals surface area (Å²) in [5.41, 5.74) is 0. The van der Waals surface area contributed by atoms with E-state index >= 15 is 0 Å². The number of nitrogens with one attached hydrogen (secondary N) is 1. The van der Waals surface area contributed by atoms with Crippen LogP contribution in [0.25, 0.3) is 0 Å². The van der Waals surface area contributed by atoms with Crippen molar-refractivity contribution in [3.8, 4) is 0 Å². The standard InChI is InChI=1S/C2H3N3.ClH.Pd/c1-2-4-5-3-1;;/h1-2H,(H,3,4,5);1H;/q;;+1/p-1. The third-order valence-electron chi connectivity index (χ3n) is 0.331. The average Bonchev–Trinajstić information content (AvgIpc) is 2.23. The van der Waals surface area contributed by atoms with Crippen LogP contribution >= 0.6 is 9.53 Å². The first-order chi connectivity index (χ1) is 3.50. The molecule has 0 aliphatic rings. The molecule has 1 aromatic heterocycles. The molecule has 7 heavy (non-hydrogen) atoms. The Bertz CT molecular complexity index is 69.4. The zero-order chi connectivity index (χ0) is 5.54. The number of hydrogen-bond acceptors (Lipinski definition) is 2. The van der Waals surface area contributed by atoms with Gasteiger partial charge in [0.2, 0.25) is 0 Å². The van der Waals surface area contributed by atoms with Gasteiger partial charge >= 0.3 is 27.7 Å². The smallest absolute Gasteiger partial charge is 0.0690 e. The molecule has 0 saturated carbocycles. The van der Waals surface area contributed by atoms with Gasteiger partial charge in [-0.1, -0.05) is 5.21 Å². The molecule has 0 aromatic carbocycles. The largest absolute Gasteiger partial charge is 0.266 e. The fourth-order valence-corrected chi connectivity index (χ4v) is 0.167. The molecule has 0 amide bonds. The van der Waals surface area contributed by atoms with E-state index in [2.05, 4.69) is 43.1 Å². The second-order valence-corrected chi connectivity index (χ2v) is 0.660. The predicted octanol–water partition coefficient (Wildman–Crippen LogP) is 0.492. The van der Waals surface area contributed by atoms with Crippen molar-refractivity contribution < 1.29 is 18.2 Å². The van der Waals surface area contributed by atoms with Crippen molar-refractivity contribution in [3.63, 3.8) is 0 Å².